The van der Waals surface area contributed by atoms with Crippen molar-refractivity contribution in [2.24, 2.45) is 5.92 Å². The highest BCUT2D eigenvalue weighted by atomic mass is 32.1. The number of hydrogen-bond donors (Lipinski definition) is 2. The van der Waals surface area contributed by atoms with Gasteiger partial charge in [-0.1, -0.05) is 37.8 Å². The van der Waals surface area contributed by atoms with Gasteiger partial charge in [-0.2, -0.15) is 0 Å². The van der Waals surface area contributed by atoms with Crippen molar-refractivity contribution >= 4 is 18.1 Å². The molecule has 2 heterocycles. The van der Waals surface area contributed by atoms with Crippen molar-refractivity contribution in [2.45, 2.75) is 38.2 Å². The summed E-state index contributed by atoms with van der Waals surface area (Å²) >= 11 is 3.99. The van der Waals surface area contributed by atoms with Crippen LogP contribution in [0.1, 0.15) is 49.5 Å². The molecule has 1 aliphatic carbocycles. The first-order chi connectivity index (χ1) is 9.81. The summed E-state index contributed by atoms with van der Waals surface area (Å²) in [7, 11) is 0. The summed E-state index contributed by atoms with van der Waals surface area (Å²) in [5.74, 6) is 3.30. The fourth-order valence-electron chi connectivity index (χ4n) is 3.15. The summed E-state index contributed by atoms with van der Waals surface area (Å²) < 4.78 is 1.95. The van der Waals surface area contributed by atoms with Gasteiger partial charge in [0.2, 0.25) is 0 Å². The minimum atomic E-state index is -0.489. The first-order valence-electron chi connectivity index (χ1n) is 7.09. The van der Waals surface area contributed by atoms with E-state index in [9.17, 15) is 5.11 Å². The van der Waals surface area contributed by atoms with Gasteiger partial charge in [-0.05, 0) is 36.1 Å². The zero-order valence-corrected chi connectivity index (χ0v) is 12.2. The minimum Gasteiger partial charge on any atom is -0.387 e. The van der Waals surface area contributed by atoms with Crippen molar-refractivity contribution in [3.63, 3.8) is 0 Å². The molecule has 0 spiro atoms. The molecule has 2 aromatic heterocycles. The van der Waals surface area contributed by atoms with Crippen LogP contribution in [0.25, 0.3) is 5.52 Å². The van der Waals surface area contributed by atoms with Crippen molar-refractivity contribution in [2.75, 3.05) is 0 Å². The van der Waals surface area contributed by atoms with Crippen LogP contribution < -0.4 is 0 Å². The second-order valence-electron chi connectivity index (χ2n) is 5.40. The first kappa shape index (κ1) is 13.5. The van der Waals surface area contributed by atoms with Gasteiger partial charge in [-0.25, -0.2) is 4.98 Å². The number of hydrogen-bond acceptors (Lipinski definition) is 3. The lowest BCUT2D eigenvalue weighted by molar-refractivity contribution is 0.0799. The number of thiol groups is 1. The van der Waals surface area contributed by atoms with Gasteiger partial charge in [0.15, 0.2) is 0 Å². The molecule has 1 atom stereocenters. The minimum absolute atomic E-state index is 0.317. The highest BCUT2D eigenvalue weighted by Crippen LogP contribution is 2.35. The first-order valence-corrected chi connectivity index (χ1v) is 7.54. The van der Waals surface area contributed by atoms with Gasteiger partial charge in [-0.3, -0.25) is 4.40 Å². The fourth-order valence-corrected chi connectivity index (χ4v) is 3.28. The van der Waals surface area contributed by atoms with Gasteiger partial charge in [0.25, 0.3) is 0 Å². The molecule has 0 amide bonds. The predicted molar refractivity (Wildman–Crippen MR) is 82.6 cm³/mol. The molecule has 1 fully saturated rings. The Balaban J connectivity index is 2.08. The summed E-state index contributed by atoms with van der Waals surface area (Å²) in [5, 5.41) is 13.5. The van der Waals surface area contributed by atoms with Gasteiger partial charge < -0.3 is 5.11 Å². The van der Waals surface area contributed by atoms with Crippen molar-refractivity contribution in [3.05, 3.63) is 35.9 Å². The molecule has 3 nitrogen and oxygen atoms in total. The molecular formula is C16H18N2OS. The summed E-state index contributed by atoms with van der Waals surface area (Å²) in [6.07, 6.45) is 8.92. The summed E-state index contributed by atoms with van der Waals surface area (Å²) in [5.41, 5.74) is 2.68. The van der Waals surface area contributed by atoms with Crippen LogP contribution in [-0.2, 0) is 0 Å². The smallest absolute Gasteiger partial charge is 0.0995 e. The maximum Gasteiger partial charge on any atom is 0.0995 e. The van der Waals surface area contributed by atoms with E-state index in [0.717, 1.165) is 29.6 Å². The molecule has 3 rings (SSSR count). The molecule has 1 N–H and O–H groups in total. The Morgan fingerprint density at radius 2 is 2.10 bits per heavy atom. The fraction of sp³-hybridized carbons (Fsp3) is 0.438. The number of aliphatic hydroxyl groups is 1. The molecule has 0 saturated heterocycles. The summed E-state index contributed by atoms with van der Waals surface area (Å²) in [4.78, 5) is 4.18. The van der Waals surface area contributed by atoms with Crippen molar-refractivity contribution < 1.29 is 5.11 Å². The second-order valence-corrected chi connectivity index (χ2v) is 5.62. The van der Waals surface area contributed by atoms with Crippen LogP contribution in [0.5, 0.6) is 0 Å². The zero-order chi connectivity index (χ0) is 13.9. The second kappa shape index (κ2) is 5.90. The quantitative estimate of drug-likeness (QED) is 0.657. The molecular weight excluding hydrogens is 268 g/mol. The SMILES string of the molecule is OC(c1c(C#CS)ccc2cncn12)C1CCCCC1. The summed E-state index contributed by atoms with van der Waals surface area (Å²) in [6, 6.07) is 3.92. The third-order valence-corrected chi connectivity index (χ3v) is 4.30. The van der Waals surface area contributed by atoms with Crippen LogP contribution in [0.3, 0.4) is 0 Å². The molecule has 1 saturated carbocycles. The van der Waals surface area contributed by atoms with E-state index >= 15 is 0 Å². The van der Waals surface area contributed by atoms with Crippen LogP contribution in [0.15, 0.2) is 24.7 Å². The van der Waals surface area contributed by atoms with Gasteiger partial charge in [-0.15, -0.1) is 0 Å². The number of nitrogens with zero attached hydrogens (tertiary/aromatic N) is 2. The molecule has 0 aliphatic heterocycles. The van der Waals surface area contributed by atoms with Gasteiger partial charge in [0, 0.05) is 5.56 Å². The highest BCUT2D eigenvalue weighted by molar-refractivity contribution is 7.85. The predicted octanol–water partition coefficient (Wildman–Crippen LogP) is 3.19. The Kier molecular flexibility index (Phi) is 4.00. The monoisotopic (exact) mass is 286 g/mol. The van der Waals surface area contributed by atoms with Gasteiger partial charge in [0.1, 0.15) is 0 Å². The molecule has 0 radical (unpaired) electrons. The molecule has 0 bridgehead atoms. The van der Waals surface area contributed by atoms with Gasteiger partial charge >= 0.3 is 0 Å². The topological polar surface area (TPSA) is 37.5 Å². The molecule has 1 aliphatic rings. The number of aromatic nitrogens is 2. The number of fused-ring (bicyclic) bond motifs is 1. The van der Waals surface area contributed by atoms with Crippen LogP contribution in [0, 0.1) is 17.1 Å². The van der Waals surface area contributed by atoms with Crippen molar-refractivity contribution in [3.8, 4) is 11.2 Å². The van der Waals surface area contributed by atoms with E-state index in [0.29, 0.717) is 5.92 Å². The van der Waals surface area contributed by atoms with E-state index in [1.165, 1.54) is 19.3 Å². The molecule has 0 aromatic carbocycles. The Labute approximate surface area is 124 Å². The van der Waals surface area contributed by atoms with Gasteiger partial charge in [0.05, 0.1) is 29.8 Å². The standard InChI is InChI=1S/C16H18N2OS/c19-16(13-4-2-1-3-5-13)15-12(8-9-20)6-7-14-10-17-11-18(14)15/h6-7,10-11,13,16,19-20H,1-5H2. The molecule has 104 valence electrons. The third-order valence-electron chi connectivity index (χ3n) is 4.19. The number of imidazole rings is 1. The van der Waals surface area contributed by atoms with E-state index in [1.807, 2.05) is 16.5 Å². The zero-order valence-electron chi connectivity index (χ0n) is 11.3. The Morgan fingerprint density at radius 1 is 1.30 bits per heavy atom. The van der Waals surface area contributed by atoms with E-state index < -0.39 is 6.10 Å². The van der Waals surface area contributed by atoms with Crippen molar-refractivity contribution in [1.82, 2.24) is 9.38 Å². The average molecular weight is 286 g/mol. The van der Waals surface area contributed by atoms with E-state index in [2.05, 4.69) is 28.8 Å². The Morgan fingerprint density at radius 3 is 2.85 bits per heavy atom. The number of pyridine rings is 1. The number of rotatable bonds is 2. The Bertz CT molecular complexity index is 662. The Hall–Kier alpha value is -1.44. The van der Waals surface area contributed by atoms with Crippen LogP contribution >= 0.6 is 12.6 Å². The van der Waals surface area contributed by atoms with E-state index in [4.69, 9.17) is 0 Å². The van der Waals surface area contributed by atoms with E-state index in [-0.39, 0.29) is 0 Å². The molecule has 4 heteroatoms. The number of aliphatic hydroxyl groups excluding tert-OH is 1. The average Bonchev–Trinajstić information content (AvgIpc) is 2.96. The van der Waals surface area contributed by atoms with E-state index in [1.54, 1.807) is 12.5 Å². The lowest BCUT2D eigenvalue weighted by Crippen LogP contribution is -2.19. The maximum atomic E-state index is 10.8. The molecule has 2 aromatic rings. The summed E-state index contributed by atoms with van der Waals surface area (Å²) in [6.45, 7) is 0. The normalized spacial score (nSPS) is 17.7. The largest absolute Gasteiger partial charge is 0.387 e. The molecule has 20 heavy (non-hydrogen) atoms. The van der Waals surface area contributed by atoms with Crippen LogP contribution in [0.4, 0.5) is 0 Å². The third kappa shape index (κ3) is 2.44. The van der Waals surface area contributed by atoms with Crippen molar-refractivity contribution in [1.29, 1.82) is 0 Å². The lowest BCUT2D eigenvalue weighted by Gasteiger charge is -2.28. The highest BCUT2D eigenvalue weighted by Gasteiger charge is 2.26. The van der Waals surface area contributed by atoms with Crippen LogP contribution in [0.2, 0.25) is 0 Å². The lowest BCUT2D eigenvalue weighted by atomic mass is 9.83. The maximum absolute atomic E-state index is 10.8. The molecule has 1 unspecified atom stereocenters. The van der Waals surface area contributed by atoms with Crippen LogP contribution in [-0.4, -0.2) is 14.5 Å².